The topological polar surface area (TPSA) is 217 Å². The van der Waals surface area contributed by atoms with Gasteiger partial charge in [-0.05, 0) is 17.7 Å². The maximum absolute atomic E-state index is 13.1. The number of non-ortho nitro benzene ring substituents is 1. The molecule has 2 saturated heterocycles. The van der Waals surface area contributed by atoms with Crippen molar-refractivity contribution in [3.8, 4) is 0 Å². The number of oxime groups is 1. The Morgan fingerprint density at radius 3 is 2.70 bits per heavy atom. The maximum Gasteiger partial charge on any atom is 0.347 e. The van der Waals surface area contributed by atoms with Crippen molar-refractivity contribution in [3.05, 3.63) is 63.7 Å². The Bertz CT molecular complexity index is 1400. The zero-order valence-electron chi connectivity index (χ0n) is 20.6. The lowest BCUT2D eigenvalue weighted by Crippen LogP contribution is -2.73. The fourth-order valence-corrected chi connectivity index (χ4v) is 5.90. The standard InChI is InChI=1S/C23H22N6O9S2/c1-2-23(21(33)34)10-28-19(32)17(20(28)40-11-23)26-18(31)16(14-9-39-22(24)25-14)27-38-8-15(30)37-7-12-3-5-13(6-4-12)29(35)36/h2-6,9,17,20H,1,7-8,10-11H2,(H2,24,25)(H,26,31)(H,33,34)/t17?,20-,23?/m1/s1. The molecule has 2 aliphatic rings. The fourth-order valence-electron chi connectivity index (χ4n) is 3.81. The molecule has 3 atom stereocenters. The first-order chi connectivity index (χ1) is 19.0. The van der Waals surface area contributed by atoms with Gasteiger partial charge in [-0.1, -0.05) is 11.2 Å². The molecular weight excluding hydrogens is 568 g/mol. The number of nitro benzene ring substituents is 1. The summed E-state index contributed by atoms with van der Waals surface area (Å²) in [7, 11) is 0. The van der Waals surface area contributed by atoms with Crippen LogP contribution in [0, 0.1) is 15.5 Å². The van der Waals surface area contributed by atoms with Crippen LogP contribution in [-0.2, 0) is 35.4 Å². The van der Waals surface area contributed by atoms with Crippen molar-refractivity contribution in [3.63, 3.8) is 0 Å². The van der Waals surface area contributed by atoms with E-state index >= 15 is 0 Å². The van der Waals surface area contributed by atoms with Crippen LogP contribution in [0.25, 0.3) is 0 Å². The zero-order chi connectivity index (χ0) is 29.0. The molecule has 210 valence electrons. The lowest BCUT2D eigenvalue weighted by Gasteiger charge is -2.53. The van der Waals surface area contributed by atoms with Gasteiger partial charge in [0, 0.05) is 29.8 Å². The van der Waals surface area contributed by atoms with E-state index in [2.05, 4.69) is 22.0 Å². The van der Waals surface area contributed by atoms with Crippen molar-refractivity contribution in [2.24, 2.45) is 10.6 Å². The van der Waals surface area contributed by atoms with Crippen molar-refractivity contribution >= 4 is 63.4 Å². The van der Waals surface area contributed by atoms with Crippen molar-refractivity contribution < 1.29 is 38.8 Å². The van der Waals surface area contributed by atoms with Gasteiger partial charge in [0.2, 0.25) is 12.5 Å². The monoisotopic (exact) mass is 590 g/mol. The lowest BCUT2D eigenvalue weighted by atomic mass is 9.87. The fraction of sp³-hybridized carbons (Fsp3) is 0.304. The summed E-state index contributed by atoms with van der Waals surface area (Å²) in [4.78, 5) is 70.2. The number of aromatic nitrogens is 1. The Labute approximate surface area is 234 Å². The Hall–Kier alpha value is -4.51. The van der Waals surface area contributed by atoms with Gasteiger partial charge in [0.15, 0.2) is 10.8 Å². The number of thiazole rings is 1. The molecule has 40 heavy (non-hydrogen) atoms. The first kappa shape index (κ1) is 28.5. The number of nitrogen functional groups attached to an aromatic ring is 1. The number of nitrogens with zero attached hydrogens (tertiary/aromatic N) is 4. The Kier molecular flexibility index (Phi) is 8.34. The number of carbonyl (C=O) groups excluding carboxylic acids is 3. The summed E-state index contributed by atoms with van der Waals surface area (Å²) in [6, 6.07) is 4.47. The Morgan fingerprint density at radius 1 is 1.38 bits per heavy atom. The number of nitro groups is 1. The van der Waals surface area contributed by atoms with Gasteiger partial charge in [-0.2, -0.15) is 0 Å². The normalized spacial score (nSPS) is 21.9. The predicted octanol–water partition coefficient (Wildman–Crippen LogP) is 0.754. The number of esters is 1. The quantitative estimate of drug-likeness (QED) is 0.0825. The number of thioether (sulfide) groups is 1. The van der Waals surface area contributed by atoms with E-state index in [0.717, 1.165) is 11.3 Å². The molecule has 0 spiro atoms. The lowest BCUT2D eigenvalue weighted by molar-refractivity contribution is -0.384. The predicted molar refractivity (Wildman–Crippen MR) is 142 cm³/mol. The highest BCUT2D eigenvalue weighted by Gasteiger charge is 2.56. The molecule has 2 fully saturated rings. The van der Waals surface area contributed by atoms with Gasteiger partial charge in [-0.3, -0.25) is 24.5 Å². The van der Waals surface area contributed by atoms with Crippen molar-refractivity contribution in [2.75, 3.05) is 24.6 Å². The number of rotatable bonds is 11. The van der Waals surface area contributed by atoms with Crippen LogP contribution in [0.5, 0.6) is 0 Å². The number of carboxylic acid groups (broad SMARTS) is 1. The number of amides is 2. The molecule has 17 heteroatoms. The first-order valence-corrected chi connectivity index (χ1v) is 13.4. The smallest absolute Gasteiger partial charge is 0.347 e. The average molecular weight is 591 g/mol. The molecule has 0 radical (unpaired) electrons. The van der Waals surface area contributed by atoms with Crippen LogP contribution in [0.3, 0.4) is 0 Å². The summed E-state index contributed by atoms with van der Waals surface area (Å²) < 4.78 is 5.05. The number of β-lactam (4-membered cyclic amide) rings is 1. The van der Waals surface area contributed by atoms with Crippen LogP contribution >= 0.6 is 23.1 Å². The Balaban J connectivity index is 1.36. The highest BCUT2D eigenvalue weighted by Crippen LogP contribution is 2.42. The summed E-state index contributed by atoms with van der Waals surface area (Å²) in [5, 5.41) is 27.7. The molecular formula is C23H22N6O9S2. The SMILES string of the molecule is C=CC1(C(=O)O)CS[C@@H]2C(NC(=O)C(=NOCC(=O)OCc3ccc([N+](=O)[O-])cc3)c3csc(N)n3)C(=O)N2C1. The van der Waals surface area contributed by atoms with Crippen molar-refractivity contribution in [1.82, 2.24) is 15.2 Å². The van der Waals surface area contributed by atoms with Crippen LogP contribution in [0.15, 0.2) is 47.5 Å². The molecule has 2 amide bonds. The minimum atomic E-state index is -1.28. The molecule has 2 aliphatic heterocycles. The van der Waals surface area contributed by atoms with Gasteiger partial charge >= 0.3 is 11.9 Å². The summed E-state index contributed by atoms with van der Waals surface area (Å²) in [6.45, 7) is 2.68. The first-order valence-electron chi connectivity index (χ1n) is 11.4. The number of hydrogen-bond acceptors (Lipinski definition) is 13. The number of carboxylic acids is 1. The number of benzene rings is 1. The number of anilines is 1. The van der Waals surface area contributed by atoms with Gasteiger partial charge in [-0.25, -0.2) is 9.78 Å². The molecule has 3 heterocycles. The van der Waals surface area contributed by atoms with E-state index in [4.69, 9.17) is 15.3 Å². The van der Waals surface area contributed by atoms with Gasteiger partial charge in [0.1, 0.15) is 29.1 Å². The van der Waals surface area contributed by atoms with Gasteiger partial charge in [-0.15, -0.1) is 29.7 Å². The van der Waals surface area contributed by atoms with Crippen molar-refractivity contribution in [1.29, 1.82) is 0 Å². The molecule has 2 unspecified atom stereocenters. The van der Waals surface area contributed by atoms with E-state index in [0.29, 0.717) is 5.56 Å². The summed E-state index contributed by atoms with van der Waals surface area (Å²) in [5.74, 6) is -3.03. The van der Waals surface area contributed by atoms with Crippen LogP contribution < -0.4 is 11.1 Å². The molecule has 15 nitrogen and oxygen atoms in total. The summed E-state index contributed by atoms with van der Waals surface area (Å²) >= 11 is 2.24. The largest absolute Gasteiger partial charge is 0.481 e. The maximum atomic E-state index is 13.1. The second kappa shape index (κ2) is 11.7. The van der Waals surface area contributed by atoms with E-state index in [1.807, 2.05) is 0 Å². The number of aliphatic carboxylic acids is 1. The molecule has 1 aromatic carbocycles. The molecule has 1 aromatic heterocycles. The third-order valence-corrected chi connectivity index (χ3v) is 8.30. The number of ether oxygens (including phenoxy) is 1. The number of nitrogens with two attached hydrogens (primary N) is 1. The van der Waals surface area contributed by atoms with Crippen LogP contribution in [-0.4, -0.2) is 79.7 Å². The highest BCUT2D eigenvalue weighted by atomic mass is 32.2. The zero-order valence-corrected chi connectivity index (χ0v) is 22.2. The second-order valence-corrected chi connectivity index (χ2v) is 10.6. The number of nitrogens with one attached hydrogen (secondary N) is 1. The van der Waals surface area contributed by atoms with E-state index < -0.39 is 52.1 Å². The Morgan fingerprint density at radius 2 is 2.10 bits per heavy atom. The van der Waals surface area contributed by atoms with Crippen LogP contribution in [0.1, 0.15) is 11.3 Å². The second-order valence-electron chi connectivity index (χ2n) is 8.65. The highest BCUT2D eigenvalue weighted by molar-refractivity contribution is 8.00. The molecule has 4 rings (SSSR count). The number of fused-ring (bicyclic) bond motifs is 1. The van der Waals surface area contributed by atoms with E-state index in [1.165, 1.54) is 52.4 Å². The van der Waals surface area contributed by atoms with Gasteiger partial charge in [0.25, 0.3) is 11.6 Å². The average Bonchev–Trinajstić information content (AvgIpc) is 3.37. The van der Waals surface area contributed by atoms with Crippen LogP contribution in [0.2, 0.25) is 0 Å². The summed E-state index contributed by atoms with van der Waals surface area (Å²) in [5.41, 5.74) is 4.51. The van der Waals surface area contributed by atoms with Crippen molar-refractivity contribution in [2.45, 2.75) is 18.0 Å². The minimum Gasteiger partial charge on any atom is -0.481 e. The van der Waals surface area contributed by atoms with Gasteiger partial charge < -0.3 is 30.6 Å². The number of hydrogen-bond donors (Lipinski definition) is 3. The van der Waals surface area contributed by atoms with E-state index in [1.54, 1.807) is 0 Å². The van der Waals surface area contributed by atoms with Gasteiger partial charge in [0.05, 0.1) is 4.92 Å². The number of carbonyl (C=O) groups is 4. The van der Waals surface area contributed by atoms with E-state index in [9.17, 15) is 34.4 Å². The van der Waals surface area contributed by atoms with Crippen LogP contribution in [0.4, 0.5) is 10.8 Å². The van der Waals surface area contributed by atoms with E-state index in [-0.39, 0.29) is 41.1 Å². The third-order valence-electron chi connectivity index (χ3n) is 6.07. The minimum absolute atomic E-state index is 0.0516. The molecule has 2 aromatic rings. The molecule has 0 aliphatic carbocycles. The third kappa shape index (κ3) is 5.89. The molecule has 0 saturated carbocycles. The molecule has 0 bridgehead atoms. The molecule has 4 N–H and O–H groups in total. The summed E-state index contributed by atoms with van der Waals surface area (Å²) in [6.07, 6.45) is 1.31.